The molecule has 0 aromatic carbocycles. The highest BCUT2D eigenvalue weighted by atomic mass is 32.1. The number of thiophene rings is 1. The van der Waals surface area contributed by atoms with E-state index in [0.717, 1.165) is 30.9 Å². The summed E-state index contributed by atoms with van der Waals surface area (Å²) in [6.07, 6.45) is 2.61. The first kappa shape index (κ1) is 17.8. The number of nitrogens with zero attached hydrogens (tertiary/aromatic N) is 1. The molecular formula is C16H28N2O2S. The number of Topliss-reactive ketones (excluding diaryl/α,β-unsaturated/α-hetero) is 1. The summed E-state index contributed by atoms with van der Waals surface area (Å²) in [5, 5.41) is 1.00. The zero-order valence-corrected chi connectivity index (χ0v) is 14.7. The lowest BCUT2D eigenvalue weighted by atomic mass is 10.2. The molecule has 1 heterocycles. The van der Waals surface area contributed by atoms with E-state index in [0.29, 0.717) is 22.7 Å². The summed E-state index contributed by atoms with van der Waals surface area (Å²) in [4.78, 5) is 15.0. The van der Waals surface area contributed by atoms with Gasteiger partial charge in [-0.3, -0.25) is 4.79 Å². The Morgan fingerprint density at radius 1 is 1.24 bits per heavy atom. The van der Waals surface area contributed by atoms with Gasteiger partial charge in [0.1, 0.15) is 5.00 Å². The Morgan fingerprint density at radius 2 is 1.81 bits per heavy atom. The van der Waals surface area contributed by atoms with Crippen molar-refractivity contribution in [3.8, 4) is 5.75 Å². The Morgan fingerprint density at radius 3 is 2.24 bits per heavy atom. The minimum absolute atomic E-state index is 0.0373. The van der Waals surface area contributed by atoms with E-state index in [1.165, 1.54) is 11.3 Å². The third-order valence-corrected chi connectivity index (χ3v) is 4.37. The van der Waals surface area contributed by atoms with Crippen LogP contribution in [0.2, 0.25) is 0 Å². The first-order chi connectivity index (χ1) is 9.96. The minimum Gasteiger partial charge on any atom is -0.486 e. The summed E-state index contributed by atoms with van der Waals surface area (Å²) < 4.78 is 5.92. The van der Waals surface area contributed by atoms with Crippen molar-refractivity contribution < 1.29 is 9.53 Å². The van der Waals surface area contributed by atoms with E-state index in [4.69, 9.17) is 10.5 Å². The van der Waals surface area contributed by atoms with E-state index in [-0.39, 0.29) is 11.9 Å². The Kier molecular flexibility index (Phi) is 7.02. The molecule has 0 amide bonds. The molecule has 1 aromatic rings. The van der Waals surface area contributed by atoms with Gasteiger partial charge in [0.15, 0.2) is 11.5 Å². The number of rotatable bonds is 9. The average Bonchev–Trinajstić information content (AvgIpc) is 2.75. The van der Waals surface area contributed by atoms with Crippen molar-refractivity contribution in [3.63, 3.8) is 0 Å². The van der Waals surface area contributed by atoms with Crippen LogP contribution in [0.15, 0.2) is 0 Å². The fourth-order valence-corrected chi connectivity index (χ4v) is 3.41. The van der Waals surface area contributed by atoms with Crippen LogP contribution >= 0.6 is 11.3 Å². The van der Waals surface area contributed by atoms with Crippen molar-refractivity contribution in [1.82, 2.24) is 0 Å². The molecule has 0 fully saturated rings. The van der Waals surface area contributed by atoms with E-state index in [1.807, 2.05) is 20.8 Å². The van der Waals surface area contributed by atoms with E-state index in [2.05, 4.69) is 18.7 Å². The Hall–Kier alpha value is -1.23. The summed E-state index contributed by atoms with van der Waals surface area (Å²) in [5.41, 5.74) is 6.70. The molecule has 120 valence electrons. The fourth-order valence-electron chi connectivity index (χ4n) is 2.20. The molecule has 4 nitrogen and oxygen atoms in total. The molecule has 0 aliphatic carbocycles. The van der Waals surface area contributed by atoms with Gasteiger partial charge in [-0.05, 0) is 26.7 Å². The van der Waals surface area contributed by atoms with Crippen LogP contribution in [0.3, 0.4) is 0 Å². The highest BCUT2D eigenvalue weighted by Crippen LogP contribution is 2.46. The molecular weight excluding hydrogens is 284 g/mol. The molecule has 0 unspecified atom stereocenters. The molecule has 0 aliphatic rings. The Balaban J connectivity index is 3.28. The number of hydrogen-bond donors (Lipinski definition) is 1. The molecule has 0 saturated heterocycles. The van der Waals surface area contributed by atoms with Gasteiger partial charge in [0.25, 0.3) is 0 Å². The number of carbonyl (C=O) groups excluding carboxylic acids is 1. The van der Waals surface area contributed by atoms with E-state index in [1.54, 1.807) is 0 Å². The van der Waals surface area contributed by atoms with Gasteiger partial charge in [-0.2, -0.15) is 0 Å². The maximum Gasteiger partial charge on any atom is 0.177 e. The molecule has 0 bridgehead atoms. The number of nitrogens with two attached hydrogens (primary N) is 1. The standard InChI is InChI=1S/C16H28N2O2S/c1-6-9-18(10-7-2)16-14(20-11(4)5)13(17)15(21-16)12(19)8-3/h11H,6-10,17H2,1-5H3. The summed E-state index contributed by atoms with van der Waals surface area (Å²) >= 11 is 1.48. The number of ketones is 1. The summed E-state index contributed by atoms with van der Waals surface area (Å²) in [7, 11) is 0. The van der Waals surface area contributed by atoms with E-state index >= 15 is 0 Å². The van der Waals surface area contributed by atoms with Crippen LogP contribution in [0.4, 0.5) is 10.7 Å². The van der Waals surface area contributed by atoms with Gasteiger partial charge >= 0.3 is 0 Å². The number of nitrogen functional groups attached to an aromatic ring is 1. The van der Waals surface area contributed by atoms with Gasteiger partial charge in [0.2, 0.25) is 0 Å². The van der Waals surface area contributed by atoms with E-state index < -0.39 is 0 Å². The molecule has 0 radical (unpaired) electrons. The average molecular weight is 312 g/mol. The second-order valence-corrected chi connectivity index (χ2v) is 6.41. The molecule has 0 spiro atoms. The van der Waals surface area contributed by atoms with Crippen molar-refractivity contribution in [1.29, 1.82) is 0 Å². The lowest BCUT2D eigenvalue weighted by molar-refractivity contribution is 0.0992. The van der Waals surface area contributed by atoms with Crippen LogP contribution < -0.4 is 15.4 Å². The SMILES string of the molecule is CCCN(CCC)c1sc(C(=O)CC)c(N)c1OC(C)C. The first-order valence-electron chi connectivity index (χ1n) is 7.83. The molecule has 0 atom stereocenters. The summed E-state index contributed by atoms with van der Waals surface area (Å²) in [6.45, 7) is 12.0. The number of carbonyl (C=O) groups is 1. The Labute approximate surface area is 132 Å². The summed E-state index contributed by atoms with van der Waals surface area (Å²) in [6, 6.07) is 0. The number of hydrogen-bond acceptors (Lipinski definition) is 5. The van der Waals surface area contributed by atoms with Crippen LogP contribution in [0.5, 0.6) is 5.75 Å². The minimum atomic E-state index is 0.0373. The number of anilines is 2. The normalized spacial score (nSPS) is 11.0. The monoisotopic (exact) mass is 312 g/mol. The van der Waals surface area contributed by atoms with Crippen molar-refractivity contribution in [2.24, 2.45) is 0 Å². The van der Waals surface area contributed by atoms with Crippen LogP contribution in [-0.2, 0) is 0 Å². The number of ether oxygens (including phenoxy) is 1. The van der Waals surface area contributed by atoms with E-state index in [9.17, 15) is 4.79 Å². The van der Waals surface area contributed by atoms with Gasteiger partial charge in [0.05, 0.1) is 16.7 Å². The third-order valence-electron chi connectivity index (χ3n) is 3.08. The van der Waals surface area contributed by atoms with Crippen LogP contribution in [-0.4, -0.2) is 25.0 Å². The second kappa shape index (κ2) is 8.27. The molecule has 1 aromatic heterocycles. The second-order valence-electron chi connectivity index (χ2n) is 5.41. The van der Waals surface area contributed by atoms with Crippen LogP contribution in [0.25, 0.3) is 0 Å². The largest absolute Gasteiger partial charge is 0.486 e. The lowest BCUT2D eigenvalue weighted by Crippen LogP contribution is -2.24. The molecule has 5 heteroatoms. The first-order valence-corrected chi connectivity index (χ1v) is 8.64. The zero-order valence-electron chi connectivity index (χ0n) is 13.9. The predicted octanol–water partition coefficient (Wildman–Crippen LogP) is 4.34. The third kappa shape index (κ3) is 4.37. The highest BCUT2D eigenvalue weighted by molar-refractivity contribution is 7.19. The van der Waals surface area contributed by atoms with Crippen LogP contribution in [0.1, 0.15) is 63.6 Å². The van der Waals surface area contributed by atoms with Gasteiger partial charge in [0, 0.05) is 19.5 Å². The smallest absolute Gasteiger partial charge is 0.177 e. The van der Waals surface area contributed by atoms with Crippen molar-refractivity contribution in [2.75, 3.05) is 23.7 Å². The maximum absolute atomic E-state index is 12.1. The lowest BCUT2D eigenvalue weighted by Gasteiger charge is -2.24. The quantitative estimate of drug-likeness (QED) is 0.689. The van der Waals surface area contributed by atoms with Gasteiger partial charge in [-0.25, -0.2) is 0 Å². The van der Waals surface area contributed by atoms with Crippen LogP contribution in [0, 0.1) is 0 Å². The zero-order chi connectivity index (χ0) is 16.0. The Bertz CT molecular complexity index is 463. The predicted molar refractivity (Wildman–Crippen MR) is 91.9 cm³/mol. The van der Waals surface area contributed by atoms with Gasteiger partial charge < -0.3 is 15.4 Å². The van der Waals surface area contributed by atoms with Gasteiger partial charge in [-0.1, -0.05) is 20.8 Å². The highest BCUT2D eigenvalue weighted by Gasteiger charge is 2.25. The summed E-state index contributed by atoms with van der Waals surface area (Å²) in [5.74, 6) is 0.777. The van der Waals surface area contributed by atoms with Crippen molar-refractivity contribution >= 4 is 27.8 Å². The molecule has 21 heavy (non-hydrogen) atoms. The molecule has 1 rings (SSSR count). The molecule has 0 aliphatic heterocycles. The molecule has 0 saturated carbocycles. The topological polar surface area (TPSA) is 55.6 Å². The fraction of sp³-hybridized carbons (Fsp3) is 0.688. The van der Waals surface area contributed by atoms with Gasteiger partial charge in [-0.15, -0.1) is 11.3 Å². The molecule has 2 N–H and O–H groups in total. The van der Waals surface area contributed by atoms with Crippen molar-refractivity contribution in [2.45, 2.75) is 60.0 Å². The maximum atomic E-state index is 12.1. The van der Waals surface area contributed by atoms with Crippen molar-refractivity contribution in [3.05, 3.63) is 4.88 Å².